The van der Waals surface area contributed by atoms with Crippen molar-refractivity contribution in [1.29, 1.82) is 0 Å². The first kappa shape index (κ1) is 26.4. The Bertz CT molecular complexity index is 431. The topological polar surface area (TPSA) is 69.7 Å². The average Bonchev–Trinajstić information content (AvgIpc) is 2.70. The first-order chi connectivity index (χ1) is 13.6. The molecule has 0 aliphatic rings. The molecule has 0 unspecified atom stereocenters. The maximum absolute atomic E-state index is 11.6. The average molecular weight is 397 g/mol. The SMILES string of the molecule is C=CC(=O)OCCOC(=O)C(=O)CCCCCCCCCCCCCCCC. The highest BCUT2D eigenvalue weighted by molar-refractivity contribution is 6.33. The predicted octanol–water partition coefficient (Wildman–Crippen LogP) is 5.70. The van der Waals surface area contributed by atoms with Gasteiger partial charge in [0, 0.05) is 12.5 Å². The van der Waals surface area contributed by atoms with Crippen LogP contribution < -0.4 is 0 Å². The summed E-state index contributed by atoms with van der Waals surface area (Å²) in [4.78, 5) is 33.9. The van der Waals surface area contributed by atoms with Crippen molar-refractivity contribution in [2.24, 2.45) is 0 Å². The second-order valence-corrected chi connectivity index (χ2v) is 7.28. The highest BCUT2D eigenvalue weighted by Gasteiger charge is 2.14. The standard InChI is InChI=1S/C23H40O5/c1-3-5-6-7-8-9-10-11-12-13-14-15-16-17-18-21(24)23(26)28-20-19-27-22(25)4-2/h4H,2-3,5-20H2,1H3. The largest absolute Gasteiger partial charge is 0.459 e. The fourth-order valence-corrected chi connectivity index (χ4v) is 3.00. The van der Waals surface area contributed by atoms with Crippen molar-refractivity contribution >= 4 is 17.7 Å². The molecular formula is C23H40O5. The highest BCUT2D eigenvalue weighted by Crippen LogP contribution is 2.13. The molecule has 0 heterocycles. The van der Waals surface area contributed by atoms with Gasteiger partial charge in [-0.3, -0.25) is 4.79 Å². The first-order valence-electron chi connectivity index (χ1n) is 11.1. The minimum atomic E-state index is -0.843. The Morgan fingerprint density at radius 3 is 1.57 bits per heavy atom. The summed E-state index contributed by atoms with van der Waals surface area (Å²) in [6, 6.07) is 0. The van der Waals surface area contributed by atoms with Gasteiger partial charge in [0.05, 0.1) is 0 Å². The van der Waals surface area contributed by atoms with Crippen LogP contribution in [0.2, 0.25) is 0 Å². The van der Waals surface area contributed by atoms with E-state index in [0.717, 1.165) is 25.3 Å². The Balaban J connectivity index is 3.34. The molecule has 0 saturated carbocycles. The molecule has 0 aromatic heterocycles. The minimum Gasteiger partial charge on any atom is -0.459 e. The van der Waals surface area contributed by atoms with Crippen molar-refractivity contribution in [3.8, 4) is 0 Å². The maximum Gasteiger partial charge on any atom is 0.374 e. The molecule has 28 heavy (non-hydrogen) atoms. The summed E-state index contributed by atoms with van der Waals surface area (Å²) in [6.07, 6.45) is 18.7. The van der Waals surface area contributed by atoms with Gasteiger partial charge in [-0.1, -0.05) is 97.0 Å². The number of esters is 2. The van der Waals surface area contributed by atoms with Crippen LogP contribution in [0.3, 0.4) is 0 Å². The molecule has 162 valence electrons. The summed E-state index contributed by atoms with van der Waals surface area (Å²) in [5.41, 5.74) is 0. The maximum atomic E-state index is 11.6. The van der Waals surface area contributed by atoms with Crippen molar-refractivity contribution in [3.63, 3.8) is 0 Å². The van der Waals surface area contributed by atoms with Gasteiger partial charge in [-0.25, -0.2) is 9.59 Å². The monoisotopic (exact) mass is 396 g/mol. The lowest BCUT2D eigenvalue weighted by Crippen LogP contribution is -2.20. The molecule has 0 radical (unpaired) electrons. The summed E-state index contributed by atoms with van der Waals surface area (Å²) in [7, 11) is 0. The molecule has 0 fully saturated rings. The molecule has 0 atom stereocenters. The Morgan fingerprint density at radius 2 is 1.11 bits per heavy atom. The van der Waals surface area contributed by atoms with Gasteiger partial charge in [-0.2, -0.15) is 0 Å². The smallest absolute Gasteiger partial charge is 0.374 e. The quantitative estimate of drug-likeness (QED) is 0.114. The van der Waals surface area contributed by atoms with Crippen LogP contribution in [0.1, 0.15) is 103 Å². The zero-order valence-electron chi connectivity index (χ0n) is 17.8. The third-order valence-electron chi connectivity index (χ3n) is 4.71. The van der Waals surface area contributed by atoms with Crippen LogP contribution >= 0.6 is 0 Å². The Hall–Kier alpha value is -1.65. The molecule has 5 nitrogen and oxygen atoms in total. The predicted molar refractivity (Wildman–Crippen MR) is 112 cm³/mol. The summed E-state index contributed by atoms with van der Waals surface area (Å²) in [6.45, 7) is 5.33. The molecule has 0 aliphatic carbocycles. The molecule has 0 aromatic rings. The number of rotatable bonds is 20. The van der Waals surface area contributed by atoms with Crippen molar-refractivity contribution < 1.29 is 23.9 Å². The number of unbranched alkanes of at least 4 members (excludes halogenated alkanes) is 13. The number of ketones is 1. The van der Waals surface area contributed by atoms with Crippen LogP contribution in [0.5, 0.6) is 0 Å². The van der Waals surface area contributed by atoms with E-state index in [1.807, 2.05) is 0 Å². The van der Waals surface area contributed by atoms with Crippen molar-refractivity contribution in [3.05, 3.63) is 12.7 Å². The molecule has 0 spiro atoms. The van der Waals surface area contributed by atoms with E-state index in [2.05, 4.69) is 18.2 Å². The van der Waals surface area contributed by atoms with Crippen LogP contribution in [-0.2, 0) is 23.9 Å². The number of carbonyl (C=O) groups excluding carboxylic acids is 3. The fourth-order valence-electron chi connectivity index (χ4n) is 3.00. The number of ether oxygens (including phenoxy) is 2. The van der Waals surface area contributed by atoms with E-state index in [1.54, 1.807) is 0 Å². The molecule has 0 N–H and O–H groups in total. The molecule has 0 amide bonds. The van der Waals surface area contributed by atoms with Crippen LogP contribution in [0, 0.1) is 0 Å². The number of carbonyl (C=O) groups is 3. The molecule has 0 bridgehead atoms. The van der Waals surface area contributed by atoms with Crippen molar-refractivity contribution in [2.75, 3.05) is 13.2 Å². The fraction of sp³-hybridized carbons (Fsp3) is 0.783. The van der Waals surface area contributed by atoms with Crippen molar-refractivity contribution in [1.82, 2.24) is 0 Å². The normalized spacial score (nSPS) is 10.5. The van der Waals surface area contributed by atoms with E-state index < -0.39 is 17.7 Å². The Morgan fingerprint density at radius 1 is 0.679 bits per heavy atom. The lowest BCUT2D eigenvalue weighted by Gasteiger charge is -2.05. The van der Waals surface area contributed by atoms with Gasteiger partial charge < -0.3 is 9.47 Å². The van der Waals surface area contributed by atoms with E-state index in [9.17, 15) is 14.4 Å². The van der Waals surface area contributed by atoms with Gasteiger partial charge in [0.1, 0.15) is 13.2 Å². The third kappa shape index (κ3) is 17.7. The Kier molecular flexibility index (Phi) is 18.9. The molecule has 0 saturated heterocycles. The van der Waals surface area contributed by atoms with Gasteiger partial charge >= 0.3 is 11.9 Å². The summed E-state index contributed by atoms with van der Waals surface area (Å²) in [5, 5.41) is 0. The summed E-state index contributed by atoms with van der Waals surface area (Å²) in [5.74, 6) is -1.93. The van der Waals surface area contributed by atoms with E-state index in [4.69, 9.17) is 4.74 Å². The number of Topliss-reactive ketones (excluding diaryl/α,β-unsaturated/α-hetero) is 1. The first-order valence-corrected chi connectivity index (χ1v) is 11.1. The van der Waals surface area contributed by atoms with Gasteiger partial charge in [-0.15, -0.1) is 0 Å². The number of hydrogen-bond acceptors (Lipinski definition) is 5. The zero-order valence-corrected chi connectivity index (χ0v) is 17.8. The lowest BCUT2D eigenvalue weighted by atomic mass is 10.0. The van der Waals surface area contributed by atoms with Gasteiger partial charge in [0.2, 0.25) is 5.78 Å². The van der Waals surface area contributed by atoms with Crippen LogP contribution in [-0.4, -0.2) is 30.9 Å². The van der Waals surface area contributed by atoms with Crippen LogP contribution in [0.15, 0.2) is 12.7 Å². The number of hydrogen-bond donors (Lipinski definition) is 0. The lowest BCUT2D eigenvalue weighted by molar-refractivity contribution is -0.156. The Labute approximate surface area is 171 Å². The second kappa shape index (κ2) is 20.1. The van der Waals surface area contributed by atoms with Gasteiger partial charge in [0.15, 0.2) is 0 Å². The second-order valence-electron chi connectivity index (χ2n) is 7.28. The third-order valence-corrected chi connectivity index (χ3v) is 4.71. The van der Waals surface area contributed by atoms with Gasteiger partial charge in [-0.05, 0) is 6.42 Å². The van der Waals surface area contributed by atoms with E-state index in [-0.39, 0.29) is 19.6 Å². The molecule has 0 rings (SSSR count). The minimum absolute atomic E-state index is 0.0667. The molecular weight excluding hydrogens is 356 g/mol. The van der Waals surface area contributed by atoms with Crippen molar-refractivity contribution in [2.45, 2.75) is 103 Å². The van der Waals surface area contributed by atoms with E-state index in [1.165, 1.54) is 70.6 Å². The molecule has 0 aliphatic heterocycles. The molecule has 0 aromatic carbocycles. The van der Waals surface area contributed by atoms with Crippen LogP contribution in [0.4, 0.5) is 0 Å². The van der Waals surface area contributed by atoms with E-state index in [0.29, 0.717) is 0 Å². The summed E-state index contributed by atoms with van der Waals surface area (Å²) < 4.78 is 9.43. The zero-order chi connectivity index (χ0) is 20.9. The van der Waals surface area contributed by atoms with Gasteiger partial charge in [0.25, 0.3) is 0 Å². The summed E-state index contributed by atoms with van der Waals surface area (Å²) >= 11 is 0. The van der Waals surface area contributed by atoms with E-state index >= 15 is 0 Å². The van der Waals surface area contributed by atoms with Crippen LogP contribution in [0.25, 0.3) is 0 Å². The highest BCUT2D eigenvalue weighted by atomic mass is 16.6. The molecule has 5 heteroatoms.